The summed E-state index contributed by atoms with van der Waals surface area (Å²) in [6.45, 7) is 5.31. The third-order valence-electron chi connectivity index (χ3n) is 5.20. The number of halogens is 1. The molecule has 0 bridgehead atoms. The summed E-state index contributed by atoms with van der Waals surface area (Å²) < 4.78 is 18.1. The summed E-state index contributed by atoms with van der Waals surface area (Å²) in [7, 11) is 0. The Kier molecular flexibility index (Phi) is 10.8. The SMILES string of the molecule is CCOc1ccc([C@H](O)CCC(=O)N/N=C\c2ccc(OCc3ccc(Br)cc3)c(OCC)c2)cc1. The number of hydrogen-bond donors (Lipinski definition) is 2. The number of aliphatic hydroxyl groups is 1. The van der Waals surface area contributed by atoms with E-state index in [1.54, 1.807) is 30.5 Å². The summed E-state index contributed by atoms with van der Waals surface area (Å²) in [5.41, 5.74) is 5.04. The van der Waals surface area contributed by atoms with Gasteiger partial charge >= 0.3 is 0 Å². The molecule has 1 atom stereocenters. The minimum Gasteiger partial charge on any atom is -0.494 e. The van der Waals surface area contributed by atoms with Crippen LogP contribution in [0.3, 0.4) is 0 Å². The second-order valence-corrected chi connectivity index (χ2v) is 8.82. The molecule has 0 unspecified atom stereocenters. The summed E-state index contributed by atoms with van der Waals surface area (Å²) in [5.74, 6) is 1.69. The van der Waals surface area contributed by atoms with E-state index in [9.17, 15) is 9.90 Å². The molecule has 0 spiro atoms. The highest BCUT2D eigenvalue weighted by Crippen LogP contribution is 2.29. The monoisotopic (exact) mass is 554 g/mol. The van der Waals surface area contributed by atoms with Crippen molar-refractivity contribution < 1.29 is 24.1 Å². The quantitative estimate of drug-likeness (QED) is 0.206. The molecule has 0 fully saturated rings. The maximum Gasteiger partial charge on any atom is 0.240 e. The average molecular weight is 555 g/mol. The summed E-state index contributed by atoms with van der Waals surface area (Å²) in [6, 6.07) is 20.6. The summed E-state index contributed by atoms with van der Waals surface area (Å²) in [5, 5.41) is 14.4. The molecule has 36 heavy (non-hydrogen) atoms. The fourth-order valence-electron chi connectivity index (χ4n) is 3.36. The number of amides is 1. The lowest BCUT2D eigenvalue weighted by molar-refractivity contribution is -0.121. The van der Waals surface area contributed by atoms with Gasteiger partial charge in [0.05, 0.1) is 25.5 Å². The Balaban J connectivity index is 1.49. The minimum atomic E-state index is -0.742. The molecular formula is C28H31BrN2O5. The van der Waals surface area contributed by atoms with Crippen LogP contribution in [0.15, 0.2) is 76.3 Å². The van der Waals surface area contributed by atoms with E-state index < -0.39 is 6.10 Å². The van der Waals surface area contributed by atoms with E-state index in [0.717, 1.165) is 26.9 Å². The molecule has 0 aliphatic carbocycles. The van der Waals surface area contributed by atoms with Crippen LogP contribution >= 0.6 is 15.9 Å². The normalized spacial score (nSPS) is 11.8. The summed E-state index contributed by atoms with van der Waals surface area (Å²) in [4.78, 5) is 12.2. The first-order valence-corrected chi connectivity index (χ1v) is 12.6. The van der Waals surface area contributed by atoms with Gasteiger partial charge in [-0.2, -0.15) is 5.10 Å². The number of benzene rings is 3. The van der Waals surface area contributed by atoms with Gasteiger partial charge in [-0.25, -0.2) is 5.43 Å². The zero-order valence-electron chi connectivity index (χ0n) is 20.4. The van der Waals surface area contributed by atoms with Crippen LogP contribution in [-0.2, 0) is 11.4 Å². The number of nitrogens with one attached hydrogen (secondary N) is 1. The van der Waals surface area contributed by atoms with E-state index in [1.807, 2.05) is 56.3 Å². The first-order valence-electron chi connectivity index (χ1n) is 11.8. The van der Waals surface area contributed by atoms with Crippen molar-refractivity contribution >= 4 is 28.1 Å². The molecule has 0 saturated heterocycles. The number of nitrogens with zero attached hydrogens (tertiary/aromatic N) is 1. The lowest BCUT2D eigenvalue weighted by Crippen LogP contribution is -2.18. The number of carbonyl (C=O) groups excluding carboxylic acids is 1. The van der Waals surface area contributed by atoms with Crippen LogP contribution < -0.4 is 19.6 Å². The molecule has 3 aromatic rings. The van der Waals surface area contributed by atoms with E-state index in [0.29, 0.717) is 31.3 Å². The van der Waals surface area contributed by atoms with Crippen molar-refractivity contribution in [1.29, 1.82) is 0 Å². The van der Waals surface area contributed by atoms with Gasteiger partial charge in [-0.05, 0) is 79.4 Å². The van der Waals surface area contributed by atoms with Gasteiger partial charge in [0, 0.05) is 10.9 Å². The first kappa shape index (κ1) is 27.2. The lowest BCUT2D eigenvalue weighted by atomic mass is 10.0. The van der Waals surface area contributed by atoms with Gasteiger partial charge in [0.1, 0.15) is 12.4 Å². The molecule has 8 heteroatoms. The average Bonchev–Trinajstić information content (AvgIpc) is 2.88. The van der Waals surface area contributed by atoms with Crippen LogP contribution in [0.5, 0.6) is 17.2 Å². The van der Waals surface area contributed by atoms with Crippen molar-refractivity contribution in [3.05, 3.63) is 87.9 Å². The molecule has 3 rings (SSSR count). The predicted octanol–water partition coefficient (Wildman–Crippen LogP) is 5.79. The van der Waals surface area contributed by atoms with Crippen molar-refractivity contribution in [1.82, 2.24) is 5.43 Å². The Bertz CT molecular complexity index is 1130. The van der Waals surface area contributed by atoms with E-state index >= 15 is 0 Å². The van der Waals surface area contributed by atoms with Crippen molar-refractivity contribution in [3.8, 4) is 17.2 Å². The molecule has 7 nitrogen and oxygen atoms in total. The number of rotatable bonds is 13. The van der Waals surface area contributed by atoms with Gasteiger partial charge in [-0.15, -0.1) is 0 Å². The van der Waals surface area contributed by atoms with E-state index in [2.05, 4.69) is 26.5 Å². The van der Waals surface area contributed by atoms with E-state index in [1.165, 1.54) is 0 Å². The topological polar surface area (TPSA) is 89.4 Å². The van der Waals surface area contributed by atoms with Crippen LogP contribution in [0.25, 0.3) is 0 Å². The molecule has 0 heterocycles. The van der Waals surface area contributed by atoms with Crippen molar-refractivity contribution in [3.63, 3.8) is 0 Å². The second-order valence-electron chi connectivity index (χ2n) is 7.90. The lowest BCUT2D eigenvalue weighted by Gasteiger charge is -2.13. The Labute approximate surface area is 220 Å². The van der Waals surface area contributed by atoms with Crippen LogP contribution in [0.2, 0.25) is 0 Å². The molecule has 1 amide bonds. The maximum atomic E-state index is 12.2. The molecule has 0 saturated carbocycles. The highest BCUT2D eigenvalue weighted by Gasteiger charge is 2.11. The number of aliphatic hydroxyl groups excluding tert-OH is 1. The largest absolute Gasteiger partial charge is 0.494 e. The molecule has 2 N–H and O–H groups in total. The summed E-state index contributed by atoms with van der Waals surface area (Å²) >= 11 is 3.43. The second kappa shape index (κ2) is 14.3. The number of hydrogen-bond acceptors (Lipinski definition) is 6. The van der Waals surface area contributed by atoms with Gasteiger partial charge < -0.3 is 19.3 Å². The van der Waals surface area contributed by atoms with Gasteiger partial charge in [0.25, 0.3) is 0 Å². The van der Waals surface area contributed by atoms with Crippen LogP contribution in [0.4, 0.5) is 0 Å². The van der Waals surface area contributed by atoms with Crippen molar-refractivity contribution in [2.24, 2.45) is 5.10 Å². The predicted molar refractivity (Wildman–Crippen MR) is 144 cm³/mol. The zero-order valence-corrected chi connectivity index (χ0v) is 22.0. The molecule has 0 aliphatic rings. The Hall–Kier alpha value is -3.36. The van der Waals surface area contributed by atoms with E-state index in [-0.39, 0.29) is 18.7 Å². The fourth-order valence-corrected chi connectivity index (χ4v) is 3.62. The third kappa shape index (κ3) is 8.70. The fraction of sp³-hybridized carbons (Fsp3) is 0.286. The molecule has 3 aromatic carbocycles. The first-order chi connectivity index (χ1) is 17.5. The number of hydrazone groups is 1. The highest BCUT2D eigenvalue weighted by atomic mass is 79.9. The van der Waals surface area contributed by atoms with E-state index in [4.69, 9.17) is 14.2 Å². The van der Waals surface area contributed by atoms with Gasteiger partial charge in [0.15, 0.2) is 11.5 Å². The van der Waals surface area contributed by atoms with Gasteiger partial charge in [-0.3, -0.25) is 4.79 Å². The molecular weight excluding hydrogens is 524 g/mol. The van der Waals surface area contributed by atoms with Crippen molar-refractivity contribution in [2.45, 2.75) is 39.4 Å². The van der Waals surface area contributed by atoms with Crippen LogP contribution in [0.1, 0.15) is 49.5 Å². The zero-order chi connectivity index (χ0) is 25.8. The van der Waals surface area contributed by atoms with Gasteiger partial charge in [0.2, 0.25) is 5.91 Å². The van der Waals surface area contributed by atoms with Crippen molar-refractivity contribution in [2.75, 3.05) is 13.2 Å². The molecule has 190 valence electrons. The molecule has 0 aromatic heterocycles. The molecule has 0 aliphatic heterocycles. The summed E-state index contributed by atoms with van der Waals surface area (Å²) in [6.07, 6.45) is 1.23. The third-order valence-corrected chi connectivity index (χ3v) is 5.73. The van der Waals surface area contributed by atoms with Gasteiger partial charge in [-0.1, -0.05) is 40.2 Å². The maximum absolute atomic E-state index is 12.2. The standard InChI is InChI=1S/C28H31BrN2O5/c1-3-34-24-12-8-22(9-13-24)25(32)14-16-28(33)31-30-18-21-7-15-26(27(17-21)35-4-2)36-19-20-5-10-23(29)11-6-20/h5-13,15,17-18,25,32H,3-4,14,16,19H2,1-2H3,(H,31,33)/b30-18-/t25-/m1/s1. The Morgan fingerprint density at radius 1 is 0.972 bits per heavy atom. The minimum absolute atomic E-state index is 0.138. The number of ether oxygens (including phenoxy) is 3. The highest BCUT2D eigenvalue weighted by molar-refractivity contribution is 9.10. The number of carbonyl (C=O) groups is 1. The van der Waals surface area contributed by atoms with Crippen LogP contribution in [0, 0.1) is 0 Å². The Morgan fingerprint density at radius 2 is 1.69 bits per heavy atom. The van der Waals surface area contributed by atoms with Crippen LogP contribution in [-0.4, -0.2) is 30.4 Å². The Morgan fingerprint density at radius 3 is 2.39 bits per heavy atom. The molecule has 0 radical (unpaired) electrons. The smallest absolute Gasteiger partial charge is 0.240 e.